The molecule has 0 saturated carbocycles. The molecule has 1 unspecified atom stereocenters. The molecule has 0 saturated heterocycles. The number of nitrogens with one attached hydrogen (secondary N) is 1. The van der Waals surface area contributed by atoms with Gasteiger partial charge in [0, 0.05) is 12.1 Å². The van der Waals surface area contributed by atoms with Crippen molar-refractivity contribution in [3.05, 3.63) is 71.3 Å². The van der Waals surface area contributed by atoms with E-state index in [2.05, 4.69) is 41.1 Å². The van der Waals surface area contributed by atoms with Crippen LogP contribution >= 0.6 is 0 Å². The topological polar surface area (TPSA) is 55.9 Å². The Hall–Kier alpha value is -2.66. The average Bonchev–Trinajstić information content (AvgIpc) is 2.93. The number of hydrogen-bond acceptors (Lipinski definition) is 3. The third kappa shape index (κ3) is 2.47. The lowest BCUT2D eigenvalue weighted by Crippen LogP contribution is -2.34. The molecule has 5 heteroatoms. The quantitative estimate of drug-likeness (QED) is 0.761. The molecule has 0 bridgehead atoms. The molecule has 1 atom stereocenters. The number of fused-ring (bicyclic) bond motifs is 1. The van der Waals surface area contributed by atoms with Gasteiger partial charge in [0.05, 0.1) is 12.6 Å². The fraction of sp³-hybridized carbons (Fsp3) is 0.211. The summed E-state index contributed by atoms with van der Waals surface area (Å²) in [5.41, 5.74) is 10.4. The van der Waals surface area contributed by atoms with Gasteiger partial charge in [0.15, 0.2) is 0 Å². The zero-order valence-corrected chi connectivity index (χ0v) is 13.5. The van der Waals surface area contributed by atoms with Crippen LogP contribution in [0.1, 0.15) is 23.0 Å². The highest BCUT2D eigenvalue weighted by Gasteiger charge is 2.26. The maximum absolute atomic E-state index is 13.2. The van der Waals surface area contributed by atoms with Crippen LogP contribution < -0.4 is 11.1 Å². The second-order valence-corrected chi connectivity index (χ2v) is 6.20. The summed E-state index contributed by atoms with van der Waals surface area (Å²) in [6.07, 6.45) is 0. The molecule has 122 valence electrons. The molecule has 3 N–H and O–H groups in total. The molecular formula is C19H19FN4. The Bertz CT molecular complexity index is 866. The minimum Gasteiger partial charge on any atom is -0.383 e. The minimum absolute atomic E-state index is 0.107. The van der Waals surface area contributed by atoms with Crippen molar-refractivity contribution in [1.29, 1.82) is 0 Å². The van der Waals surface area contributed by atoms with Crippen molar-refractivity contribution in [3.63, 3.8) is 0 Å². The van der Waals surface area contributed by atoms with Gasteiger partial charge in [-0.1, -0.05) is 29.8 Å². The monoisotopic (exact) mass is 322 g/mol. The van der Waals surface area contributed by atoms with Crippen molar-refractivity contribution < 1.29 is 4.39 Å². The molecular weight excluding hydrogens is 303 g/mol. The van der Waals surface area contributed by atoms with Gasteiger partial charge in [-0.3, -0.25) is 0 Å². The zero-order valence-electron chi connectivity index (χ0n) is 13.5. The van der Waals surface area contributed by atoms with Crippen LogP contribution in [-0.4, -0.2) is 16.1 Å². The van der Waals surface area contributed by atoms with Gasteiger partial charge in [0.25, 0.3) is 0 Å². The summed E-state index contributed by atoms with van der Waals surface area (Å²) in [7, 11) is 0. The molecule has 2 aromatic carbocycles. The Morgan fingerprint density at radius 2 is 1.83 bits per heavy atom. The minimum atomic E-state index is -0.263. The van der Waals surface area contributed by atoms with Crippen LogP contribution in [0.25, 0.3) is 11.3 Å². The molecule has 3 aromatic rings. The first-order valence-corrected chi connectivity index (χ1v) is 8.03. The fourth-order valence-corrected chi connectivity index (χ4v) is 3.25. The SMILES string of the molecule is Cc1ccc(C2CNCc3nc(-c4ccc(F)cc4)c(N)n32)cc1. The van der Waals surface area contributed by atoms with Crippen molar-refractivity contribution in [2.75, 3.05) is 12.3 Å². The fourth-order valence-electron chi connectivity index (χ4n) is 3.25. The van der Waals surface area contributed by atoms with Gasteiger partial charge < -0.3 is 15.6 Å². The van der Waals surface area contributed by atoms with E-state index in [1.165, 1.54) is 23.3 Å². The van der Waals surface area contributed by atoms with E-state index in [-0.39, 0.29) is 11.9 Å². The van der Waals surface area contributed by atoms with Crippen LogP contribution in [0.15, 0.2) is 48.5 Å². The maximum Gasteiger partial charge on any atom is 0.132 e. The molecule has 0 amide bonds. The Balaban J connectivity index is 1.80. The van der Waals surface area contributed by atoms with E-state index < -0.39 is 0 Å². The second kappa shape index (κ2) is 5.76. The largest absolute Gasteiger partial charge is 0.383 e. The number of aryl methyl sites for hydroxylation is 1. The molecule has 1 aliphatic rings. The van der Waals surface area contributed by atoms with Crippen LogP contribution in [0.2, 0.25) is 0 Å². The van der Waals surface area contributed by atoms with Crippen LogP contribution in [0.4, 0.5) is 10.2 Å². The van der Waals surface area contributed by atoms with Gasteiger partial charge in [-0.15, -0.1) is 0 Å². The molecule has 0 radical (unpaired) electrons. The summed E-state index contributed by atoms with van der Waals surface area (Å²) in [6, 6.07) is 14.9. The number of rotatable bonds is 2. The number of benzene rings is 2. The van der Waals surface area contributed by atoms with E-state index in [1.54, 1.807) is 12.1 Å². The smallest absolute Gasteiger partial charge is 0.132 e. The van der Waals surface area contributed by atoms with Gasteiger partial charge in [0.1, 0.15) is 23.2 Å². The van der Waals surface area contributed by atoms with Gasteiger partial charge in [-0.2, -0.15) is 0 Å². The van der Waals surface area contributed by atoms with Gasteiger partial charge in [-0.25, -0.2) is 9.37 Å². The van der Waals surface area contributed by atoms with Crippen LogP contribution in [-0.2, 0) is 6.54 Å². The average molecular weight is 322 g/mol. The van der Waals surface area contributed by atoms with Crippen molar-refractivity contribution in [3.8, 4) is 11.3 Å². The van der Waals surface area contributed by atoms with Crippen LogP contribution in [0, 0.1) is 12.7 Å². The highest BCUT2D eigenvalue weighted by Crippen LogP contribution is 2.33. The van der Waals surface area contributed by atoms with Crippen molar-refractivity contribution in [1.82, 2.24) is 14.9 Å². The highest BCUT2D eigenvalue weighted by atomic mass is 19.1. The number of halogens is 1. The van der Waals surface area contributed by atoms with E-state index in [9.17, 15) is 4.39 Å². The molecule has 1 aromatic heterocycles. The molecule has 0 spiro atoms. The lowest BCUT2D eigenvalue weighted by atomic mass is 10.0. The first kappa shape index (κ1) is 14.9. The number of imidazole rings is 1. The van der Waals surface area contributed by atoms with E-state index >= 15 is 0 Å². The molecule has 0 fully saturated rings. The van der Waals surface area contributed by atoms with Gasteiger partial charge in [-0.05, 0) is 36.8 Å². The Morgan fingerprint density at radius 1 is 1.12 bits per heavy atom. The van der Waals surface area contributed by atoms with Crippen LogP contribution in [0.5, 0.6) is 0 Å². The Kier molecular flexibility index (Phi) is 3.58. The van der Waals surface area contributed by atoms with Crippen LogP contribution in [0.3, 0.4) is 0 Å². The lowest BCUT2D eigenvalue weighted by molar-refractivity contribution is 0.448. The normalized spacial score (nSPS) is 16.8. The standard InChI is InChI=1S/C19H19FN4/c1-12-2-4-13(5-3-12)16-10-22-11-17-23-18(19(21)24(16)17)14-6-8-15(20)9-7-14/h2-9,16,22H,10-11,21H2,1H3. The summed E-state index contributed by atoms with van der Waals surface area (Å²) in [6.45, 7) is 3.56. The molecule has 2 heterocycles. The van der Waals surface area contributed by atoms with Crippen molar-refractivity contribution in [2.24, 2.45) is 0 Å². The third-order valence-corrected chi connectivity index (χ3v) is 4.53. The number of nitrogens with two attached hydrogens (primary N) is 1. The first-order valence-electron chi connectivity index (χ1n) is 8.03. The number of anilines is 1. The number of nitrogens with zero attached hydrogens (tertiary/aromatic N) is 2. The summed E-state index contributed by atoms with van der Waals surface area (Å²) in [5.74, 6) is 1.27. The second-order valence-electron chi connectivity index (χ2n) is 6.20. The first-order chi connectivity index (χ1) is 11.6. The van der Waals surface area contributed by atoms with Crippen molar-refractivity contribution >= 4 is 5.82 Å². The predicted molar refractivity (Wildman–Crippen MR) is 93.1 cm³/mol. The van der Waals surface area contributed by atoms with E-state index in [0.29, 0.717) is 18.1 Å². The summed E-state index contributed by atoms with van der Waals surface area (Å²) < 4.78 is 15.3. The molecule has 4 rings (SSSR count). The van der Waals surface area contributed by atoms with Crippen molar-refractivity contribution in [2.45, 2.75) is 19.5 Å². The third-order valence-electron chi connectivity index (χ3n) is 4.53. The summed E-state index contributed by atoms with van der Waals surface area (Å²) >= 11 is 0. The van der Waals surface area contributed by atoms with E-state index in [0.717, 1.165) is 17.9 Å². The molecule has 24 heavy (non-hydrogen) atoms. The Morgan fingerprint density at radius 3 is 2.54 bits per heavy atom. The molecule has 0 aliphatic carbocycles. The van der Waals surface area contributed by atoms with Gasteiger partial charge in [0.2, 0.25) is 0 Å². The summed E-state index contributed by atoms with van der Waals surface area (Å²) in [4.78, 5) is 4.70. The lowest BCUT2D eigenvalue weighted by Gasteiger charge is -2.27. The maximum atomic E-state index is 13.2. The predicted octanol–water partition coefficient (Wildman–Crippen LogP) is 3.27. The number of hydrogen-bond donors (Lipinski definition) is 2. The van der Waals surface area contributed by atoms with E-state index in [1.807, 2.05) is 0 Å². The molecule has 1 aliphatic heterocycles. The van der Waals surface area contributed by atoms with Gasteiger partial charge >= 0.3 is 0 Å². The summed E-state index contributed by atoms with van der Waals surface area (Å²) in [5, 5.41) is 3.41. The van der Waals surface area contributed by atoms with E-state index in [4.69, 9.17) is 10.7 Å². The highest BCUT2D eigenvalue weighted by molar-refractivity contribution is 5.71. The zero-order chi connectivity index (χ0) is 16.7. The Labute approximate surface area is 140 Å². The number of aromatic nitrogens is 2. The number of nitrogen functional groups attached to an aromatic ring is 1. The molecule has 4 nitrogen and oxygen atoms in total.